The lowest BCUT2D eigenvalue weighted by Crippen LogP contribution is -2.48. The van der Waals surface area contributed by atoms with Crippen molar-refractivity contribution >= 4 is 11.8 Å². The Hall–Kier alpha value is -1.92. The molecule has 0 spiro atoms. The van der Waals surface area contributed by atoms with Crippen LogP contribution in [0.25, 0.3) is 0 Å². The average Bonchev–Trinajstić information content (AvgIpc) is 2.43. The van der Waals surface area contributed by atoms with Crippen molar-refractivity contribution in [3.05, 3.63) is 29.8 Å². The molecule has 2 rings (SSSR count). The van der Waals surface area contributed by atoms with Crippen LogP contribution in [0.5, 0.6) is 5.75 Å². The van der Waals surface area contributed by atoms with Crippen LogP contribution in [0.1, 0.15) is 11.6 Å². The summed E-state index contributed by atoms with van der Waals surface area (Å²) in [7, 11) is 1.58. The van der Waals surface area contributed by atoms with E-state index in [1.165, 1.54) is 0 Å². The van der Waals surface area contributed by atoms with Gasteiger partial charge in [-0.1, -0.05) is 12.1 Å². The number of carbonyl (C=O) groups excluding carboxylic acids is 2. The number of hydrogen-bond donors (Lipinski definition) is 1. The zero-order chi connectivity index (χ0) is 13.8. The molecule has 0 aliphatic carbocycles. The quantitative estimate of drug-likeness (QED) is 0.779. The third-order valence-corrected chi connectivity index (χ3v) is 2.98. The van der Waals surface area contributed by atoms with E-state index in [1.807, 2.05) is 12.1 Å². The van der Waals surface area contributed by atoms with Gasteiger partial charge in [0.15, 0.2) is 0 Å². The molecule has 1 atom stereocenters. The molecule has 0 aromatic heterocycles. The number of benzene rings is 1. The van der Waals surface area contributed by atoms with Crippen molar-refractivity contribution in [3.63, 3.8) is 0 Å². The SMILES string of the molecule is COc1ccc(C(N)CN2C(=O)COCC2=O)cc1. The summed E-state index contributed by atoms with van der Waals surface area (Å²) in [6.45, 7) is 0.0233. The summed E-state index contributed by atoms with van der Waals surface area (Å²) in [6, 6.07) is 6.80. The third-order valence-electron chi connectivity index (χ3n) is 2.98. The fraction of sp³-hybridized carbons (Fsp3) is 0.385. The smallest absolute Gasteiger partial charge is 0.255 e. The van der Waals surface area contributed by atoms with Crippen LogP contribution in [0, 0.1) is 0 Å². The van der Waals surface area contributed by atoms with Crippen LogP contribution in [0.3, 0.4) is 0 Å². The van der Waals surface area contributed by atoms with Crippen molar-refractivity contribution in [2.24, 2.45) is 5.73 Å². The molecular formula is C13H16N2O4. The van der Waals surface area contributed by atoms with E-state index in [0.717, 1.165) is 16.2 Å². The van der Waals surface area contributed by atoms with E-state index in [0.29, 0.717) is 0 Å². The highest BCUT2D eigenvalue weighted by atomic mass is 16.5. The molecule has 6 heteroatoms. The topological polar surface area (TPSA) is 81.9 Å². The van der Waals surface area contributed by atoms with Gasteiger partial charge in [-0.05, 0) is 17.7 Å². The van der Waals surface area contributed by atoms with Crippen molar-refractivity contribution in [3.8, 4) is 5.75 Å². The summed E-state index contributed by atoms with van der Waals surface area (Å²) < 4.78 is 9.90. The van der Waals surface area contributed by atoms with Crippen LogP contribution in [0.15, 0.2) is 24.3 Å². The molecule has 1 fully saturated rings. The second-order valence-corrected chi connectivity index (χ2v) is 4.27. The molecule has 1 aliphatic heterocycles. The molecule has 1 aromatic rings. The van der Waals surface area contributed by atoms with Gasteiger partial charge in [0.1, 0.15) is 19.0 Å². The number of methoxy groups -OCH3 is 1. The summed E-state index contributed by atoms with van der Waals surface area (Å²) in [5.41, 5.74) is 6.85. The Balaban J connectivity index is 2.04. The monoisotopic (exact) mass is 264 g/mol. The lowest BCUT2D eigenvalue weighted by Gasteiger charge is -2.27. The summed E-state index contributed by atoms with van der Waals surface area (Å²) in [4.78, 5) is 24.3. The number of imide groups is 1. The molecule has 1 saturated heterocycles. The van der Waals surface area contributed by atoms with E-state index in [9.17, 15) is 9.59 Å². The third kappa shape index (κ3) is 3.10. The first-order valence-electron chi connectivity index (χ1n) is 5.92. The molecule has 19 heavy (non-hydrogen) atoms. The Morgan fingerprint density at radius 1 is 1.26 bits per heavy atom. The van der Waals surface area contributed by atoms with Crippen LogP contribution in [0.4, 0.5) is 0 Å². The first kappa shape index (κ1) is 13.5. The van der Waals surface area contributed by atoms with Gasteiger partial charge in [-0.15, -0.1) is 0 Å². The lowest BCUT2D eigenvalue weighted by atomic mass is 10.1. The van der Waals surface area contributed by atoms with Gasteiger partial charge in [-0.3, -0.25) is 14.5 Å². The summed E-state index contributed by atoms with van der Waals surface area (Å²) in [5.74, 6) is 0.0369. The summed E-state index contributed by atoms with van der Waals surface area (Å²) >= 11 is 0. The van der Waals surface area contributed by atoms with Crippen molar-refractivity contribution in [2.45, 2.75) is 6.04 Å². The minimum atomic E-state index is -0.420. The number of ether oxygens (including phenoxy) is 2. The zero-order valence-corrected chi connectivity index (χ0v) is 10.7. The predicted molar refractivity (Wildman–Crippen MR) is 67.5 cm³/mol. The van der Waals surface area contributed by atoms with Gasteiger partial charge in [-0.25, -0.2) is 0 Å². The standard InChI is InChI=1S/C13H16N2O4/c1-18-10-4-2-9(3-5-10)11(14)6-15-12(16)7-19-8-13(15)17/h2-5,11H,6-8,14H2,1H3. The van der Waals surface area contributed by atoms with Crippen LogP contribution in [-0.2, 0) is 14.3 Å². The lowest BCUT2D eigenvalue weighted by molar-refractivity contribution is -0.158. The van der Waals surface area contributed by atoms with Crippen molar-refractivity contribution < 1.29 is 19.1 Å². The molecular weight excluding hydrogens is 248 g/mol. The minimum absolute atomic E-state index is 0.0684. The summed E-state index contributed by atoms with van der Waals surface area (Å²) in [6.07, 6.45) is 0. The fourth-order valence-electron chi connectivity index (χ4n) is 1.88. The number of nitrogens with zero attached hydrogens (tertiary/aromatic N) is 1. The van der Waals surface area contributed by atoms with Crippen molar-refractivity contribution in [1.82, 2.24) is 4.90 Å². The Morgan fingerprint density at radius 2 is 1.84 bits per heavy atom. The van der Waals surface area contributed by atoms with Crippen molar-refractivity contribution in [1.29, 1.82) is 0 Å². The summed E-state index contributed by atoms with van der Waals surface area (Å²) in [5, 5.41) is 0. The number of nitrogens with two attached hydrogens (primary N) is 1. The fourth-order valence-corrected chi connectivity index (χ4v) is 1.88. The molecule has 0 radical (unpaired) electrons. The molecule has 6 nitrogen and oxygen atoms in total. The molecule has 1 aliphatic rings. The normalized spacial score (nSPS) is 17.5. The first-order valence-corrected chi connectivity index (χ1v) is 5.92. The Labute approximate surface area is 111 Å². The van der Waals surface area contributed by atoms with E-state index in [4.69, 9.17) is 15.2 Å². The highest BCUT2D eigenvalue weighted by Gasteiger charge is 2.28. The van der Waals surface area contributed by atoms with Crippen LogP contribution < -0.4 is 10.5 Å². The molecule has 102 valence electrons. The predicted octanol–water partition coefficient (Wildman–Crippen LogP) is 0.0804. The van der Waals surface area contributed by atoms with Crippen LogP contribution in [-0.4, -0.2) is 43.6 Å². The van der Waals surface area contributed by atoms with Gasteiger partial charge in [0, 0.05) is 12.6 Å². The number of carbonyl (C=O) groups is 2. The van der Waals surface area contributed by atoms with Gasteiger partial charge in [0.2, 0.25) is 0 Å². The zero-order valence-electron chi connectivity index (χ0n) is 10.7. The van der Waals surface area contributed by atoms with E-state index in [2.05, 4.69) is 0 Å². The minimum Gasteiger partial charge on any atom is -0.497 e. The van der Waals surface area contributed by atoms with Gasteiger partial charge in [0.25, 0.3) is 11.8 Å². The number of morpholine rings is 1. The van der Waals surface area contributed by atoms with Crippen LogP contribution >= 0.6 is 0 Å². The Kier molecular flexibility index (Phi) is 4.13. The molecule has 1 unspecified atom stereocenters. The number of amides is 2. The molecule has 1 aromatic carbocycles. The highest BCUT2D eigenvalue weighted by molar-refractivity contribution is 5.98. The van der Waals surface area contributed by atoms with E-state index >= 15 is 0 Å². The largest absolute Gasteiger partial charge is 0.497 e. The van der Waals surface area contributed by atoms with E-state index in [1.54, 1.807) is 19.2 Å². The van der Waals surface area contributed by atoms with Gasteiger partial charge in [-0.2, -0.15) is 0 Å². The molecule has 2 amide bonds. The maximum atomic E-state index is 11.6. The molecule has 0 saturated carbocycles. The average molecular weight is 264 g/mol. The molecule has 1 heterocycles. The second kappa shape index (κ2) is 5.81. The maximum Gasteiger partial charge on any atom is 0.255 e. The van der Waals surface area contributed by atoms with Gasteiger partial charge in [0.05, 0.1) is 7.11 Å². The first-order chi connectivity index (χ1) is 9.11. The molecule has 2 N–H and O–H groups in total. The van der Waals surface area contributed by atoms with Gasteiger partial charge < -0.3 is 15.2 Å². The number of hydrogen-bond acceptors (Lipinski definition) is 5. The van der Waals surface area contributed by atoms with Crippen molar-refractivity contribution in [2.75, 3.05) is 26.9 Å². The second-order valence-electron chi connectivity index (χ2n) is 4.27. The number of rotatable bonds is 4. The van der Waals surface area contributed by atoms with E-state index < -0.39 is 6.04 Å². The maximum absolute atomic E-state index is 11.6. The Bertz CT molecular complexity index is 456. The van der Waals surface area contributed by atoms with E-state index in [-0.39, 0.29) is 31.6 Å². The van der Waals surface area contributed by atoms with Gasteiger partial charge >= 0.3 is 0 Å². The highest BCUT2D eigenvalue weighted by Crippen LogP contribution is 2.17. The van der Waals surface area contributed by atoms with Crippen LogP contribution in [0.2, 0.25) is 0 Å². The Morgan fingerprint density at radius 3 is 2.37 bits per heavy atom. The molecule has 0 bridgehead atoms.